The molecule has 2 saturated heterocycles. The number of hydrogen-bond donors (Lipinski definition) is 0. The first kappa shape index (κ1) is 24.4. The van der Waals surface area contributed by atoms with E-state index in [1.165, 1.54) is 4.31 Å². The van der Waals surface area contributed by atoms with Crippen molar-refractivity contribution in [3.8, 4) is 0 Å². The van der Waals surface area contributed by atoms with Crippen LogP contribution in [0, 0.1) is 26.7 Å². The standard InChI is InChI=1S/C24H33N5O4S/c1-16(2)29-19(5)23(18(4)25-29)34(32,33)27-12-10-26(11-13-27)24(31)20-14-22(30)28(15-20)21-8-6-17(3)7-9-21/h6-9,16,20H,10-15H2,1-5H3/t20-/m0/s1. The molecule has 2 aliphatic rings. The van der Waals surface area contributed by atoms with E-state index in [0.717, 1.165) is 11.3 Å². The third kappa shape index (κ3) is 4.36. The number of sulfonamides is 1. The van der Waals surface area contributed by atoms with Crippen LogP contribution < -0.4 is 4.90 Å². The van der Waals surface area contributed by atoms with Crippen molar-refractivity contribution in [3.05, 3.63) is 41.2 Å². The lowest BCUT2D eigenvalue weighted by molar-refractivity contribution is -0.136. The Labute approximate surface area is 201 Å². The fraction of sp³-hybridized carbons (Fsp3) is 0.542. The van der Waals surface area contributed by atoms with E-state index in [-0.39, 0.29) is 42.3 Å². The van der Waals surface area contributed by atoms with Crippen LogP contribution in [0.5, 0.6) is 0 Å². The summed E-state index contributed by atoms with van der Waals surface area (Å²) in [6.45, 7) is 10.8. The molecular formula is C24H33N5O4S. The number of carbonyl (C=O) groups excluding carboxylic acids is 2. The molecule has 0 saturated carbocycles. The quantitative estimate of drug-likeness (QED) is 0.645. The van der Waals surface area contributed by atoms with Gasteiger partial charge in [0, 0.05) is 50.9 Å². The first-order valence-electron chi connectivity index (χ1n) is 11.7. The summed E-state index contributed by atoms with van der Waals surface area (Å²) in [6.07, 6.45) is 0.179. The molecule has 2 fully saturated rings. The maximum Gasteiger partial charge on any atom is 0.246 e. The molecule has 34 heavy (non-hydrogen) atoms. The molecule has 1 aromatic heterocycles. The molecule has 2 aliphatic heterocycles. The van der Waals surface area contributed by atoms with Crippen LogP contribution in [0.1, 0.15) is 43.3 Å². The Morgan fingerprint density at radius 1 is 1.03 bits per heavy atom. The minimum absolute atomic E-state index is 0.0588. The number of rotatable bonds is 5. The highest BCUT2D eigenvalue weighted by Gasteiger charge is 2.40. The molecule has 0 N–H and O–H groups in total. The van der Waals surface area contributed by atoms with Gasteiger partial charge in [0.1, 0.15) is 4.90 Å². The van der Waals surface area contributed by atoms with E-state index in [4.69, 9.17) is 0 Å². The number of amides is 2. The van der Waals surface area contributed by atoms with Crippen LogP contribution in [-0.2, 0) is 19.6 Å². The molecule has 0 aliphatic carbocycles. The molecule has 1 aromatic carbocycles. The Kier molecular flexibility index (Phi) is 6.56. The zero-order valence-corrected chi connectivity index (χ0v) is 21.3. The molecule has 2 amide bonds. The molecule has 184 valence electrons. The average molecular weight is 488 g/mol. The minimum Gasteiger partial charge on any atom is -0.340 e. The van der Waals surface area contributed by atoms with Crippen LogP contribution >= 0.6 is 0 Å². The maximum atomic E-state index is 13.4. The first-order valence-corrected chi connectivity index (χ1v) is 13.2. The zero-order chi connectivity index (χ0) is 24.8. The summed E-state index contributed by atoms with van der Waals surface area (Å²) in [5.74, 6) is -0.553. The lowest BCUT2D eigenvalue weighted by atomic mass is 10.1. The Morgan fingerprint density at radius 3 is 2.21 bits per heavy atom. The number of benzene rings is 1. The molecule has 9 nitrogen and oxygen atoms in total. The topological polar surface area (TPSA) is 95.8 Å². The van der Waals surface area contributed by atoms with Crippen LogP contribution in [0.15, 0.2) is 29.2 Å². The highest BCUT2D eigenvalue weighted by molar-refractivity contribution is 7.89. The Bertz CT molecular complexity index is 1190. The van der Waals surface area contributed by atoms with Crippen molar-refractivity contribution in [2.75, 3.05) is 37.6 Å². The number of piperazine rings is 1. The van der Waals surface area contributed by atoms with Crippen LogP contribution in [0.25, 0.3) is 0 Å². The molecular weight excluding hydrogens is 454 g/mol. The number of hydrogen-bond acceptors (Lipinski definition) is 5. The highest BCUT2D eigenvalue weighted by Crippen LogP contribution is 2.29. The largest absolute Gasteiger partial charge is 0.340 e. The maximum absolute atomic E-state index is 13.4. The second kappa shape index (κ2) is 9.14. The predicted molar refractivity (Wildman–Crippen MR) is 129 cm³/mol. The SMILES string of the molecule is Cc1ccc(N2C[C@@H](C(=O)N3CCN(S(=O)(=O)c4c(C)nn(C(C)C)c4C)CC3)CC2=O)cc1. The van der Waals surface area contributed by atoms with Gasteiger partial charge in [0.25, 0.3) is 0 Å². The molecule has 2 aromatic rings. The van der Waals surface area contributed by atoms with Crippen molar-refractivity contribution in [3.63, 3.8) is 0 Å². The van der Waals surface area contributed by atoms with Crippen molar-refractivity contribution >= 4 is 27.5 Å². The van der Waals surface area contributed by atoms with E-state index in [0.29, 0.717) is 31.0 Å². The van der Waals surface area contributed by atoms with Crippen molar-refractivity contribution in [1.82, 2.24) is 19.0 Å². The molecule has 0 radical (unpaired) electrons. The fourth-order valence-corrected chi connectivity index (χ4v) is 6.69. The van der Waals surface area contributed by atoms with E-state index in [1.807, 2.05) is 45.0 Å². The molecule has 4 rings (SSSR count). The molecule has 1 atom stereocenters. The van der Waals surface area contributed by atoms with E-state index >= 15 is 0 Å². The summed E-state index contributed by atoms with van der Waals surface area (Å²) >= 11 is 0. The third-order valence-electron chi connectivity index (χ3n) is 6.72. The lowest BCUT2D eigenvalue weighted by Crippen LogP contribution is -2.52. The Morgan fingerprint density at radius 2 is 1.65 bits per heavy atom. The Hall–Kier alpha value is -2.72. The van der Waals surface area contributed by atoms with Crippen LogP contribution in [-0.4, -0.2) is 71.9 Å². The van der Waals surface area contributed by atoms with Crippen molar-refractivity contribution in [2.45, 2.75) is 52.0 Å². The van der Waals surface area contributed by atoms with Crippen molar-refractivity contribution in [2.24, 2.45) is 5.92 Å². The number of anilines is 1. The zero-order valence-electron chi connectivity index (χ0n) is 20.5. The summed E-state index contributed by atoms with van der Waals surface area (Å²) in [5, 5.41) is 4.42. The molecule has 3 heterocycles. The van der Waals surface area contributed by atoms with Gasteiger partial charge in [0.2, 0.25) is 21.8 Å². The number of carbonyl (C=O) groups is 2. The summed E-state index contributed by atoms with van der Waals surface area (Å²) in [5.41, 5.74) is 3.03. The van der Waals surface area contributed by atoms with Crippen LogP contribution in [0.4, 0.5) is 5.69 Å². The van der Waals surface area contributed by atoms with Gasteiger partial charge in [-0.1, -0.05) is 17.7 Å². The predicted octanol–water partition coefficient (Wildman–Crippen LogP) is 2.28. The van der Waals surface area contributed by atoms with Gasteiger partial charge in [-0.3, -0.25) is 14.3 Å². The summed E-state index contributed by atoms with van der Waals surface area (Å²) in [4.78, 5) is 29.3. The summed E-state index contributed by atoms with van der Waals surface area (Å²) in [7, 11) is -3.71. The van der Waals surface area contributed by atoms with E-state index < -0.39 is 15.9 Å². The van der Waals surface area contributed by atoms with E-state index in [1.54, 1.807) is 28.3 Å². The lowest BCUT2D eigenvalue weighted by Gasteiger charge is -2.35. The number of nitrogens with zero attached hydrogens (tertiary/aromatic N) is 5. The van der Waals surface area contributed by atoms with Crippen LogP contribution in [0.2, 0.25) is 0 Å². The highest BCUT2D eigenvalue weighted by atomic mass is 32.2. The van der Waals surface area contributed by atoms with Crippen molar-refractivity contribution in [1.29, 1.82) is 0 Å². The molecule has 0 spiro atoms. The monoisotopic (exact) mass is 487 g/mol. The fourth-order valence-electron chi connectivity index (χ4n) is 4.91. The van der Waals surface area contributed by atoms with Gasteiger partial charge >= 0.3 is 0 Å². The van der Waals surface area contributed by atoms with Crippen LogP contribution in [0.3, 0.4) is 0 Å². The third-order valence-corrected chi connectivity index (χ3v) is 8.87. The van der Waals surface area contributed by atoms with Gasteiger partial charge in [0.15, 0.2) is 0 Å². The van der Waals surface area contributed by atoms with Gasteiger partial charge < -0.3 is 9.80 Å². The minimum atomic E-state index is -3.71. The summed E-state index contributed by atoms with van der Waals surface area (Å²) < 4.78 is 29.9. The molecule has 0 unspecified atom stereocenters. The normalized spacial score (nSPS) is 19.9. The van der Waals surface area contributed by atoms with E-state index in [9.17, 15) is 18.0 Å². The van der Waals surface area contributed by atoms with Gasteiger partial charge in [-0.25, -0.2) is 8.42 Å². The average Bonchev–Trinajstić information content (AvgIpc) is 3.33. The number of aromatic nitrogens is 2. The van der Waals surface area contributed by atoms with E-state index in [2.05, 4.69) is 5.10 Å². The second-order valence-corrected chi connectivity index (χ2v) is 11.4. The van der Waals surface area contributed by atoms with Gasteiger partial charge in [-0.05, 0) is 46.8 Å². The smallest absolute Gasteiger partial charge is 0.246 e. The van der Waals surface area contributed by atoms with Crippen molar-refractivity contribution < 1.29 is 18.0 Å². The first-order chi connectivity index (χ1) is 16.0. The molecule has 10 heteroatoms. The van der Waals surface area contributed by atoms with Gasteiger partial charge in [0.05, 0.1) is 17.3 Å². The van der Waals surface area contributed by atoms with Gasteiger partial charge in [-0.2, -0.15) is 9.40 Å². The Balaban J connectivity index is 1.41. The summed E-state index contributed by atoms with van der Waals surface area (Å²) in [6, 6.07) is 7.76. The number of aryl methyl sites for hydroxylation is 2. The molecule has 0 bridgehead atoms. The second-order valence-electron chi connectivity index (χ2n) is 9.51. The van der Waals surface area contributed by atoms with Gasteiger partial charge in [-0.15, -0.1) is 0 Å².